The van der Waals surface area contributed by atoms with Crippen molar-refractivity contribution in [1.82, 2.24) is 4.90 Å². The van der Waals surface area contributed by atoms with Gasteiger partial charge in [0, 0.05) is 25.7 Å². The first-order valence-electron chi connectivity index (χ1n) is 7.52. The van der Waals surface area contributed by atoms with Crippen LogP contribution in [0.1, 0.15) is 18.1 Å². The summed E-state index contributed by atoms with van der Waals surface area (Å²) in [5.74, 6) is -0.295. The van der Waals surface area contributed by atoms with Crippen molar-refractivity contribution in [3.8, 4) is 0 Å². The molecule has 0 atom stereocenters. The van der Waals surface area contributed by atoms with E-state index >= 15 is 0 Å². The average Bonchev–Trinajstić information content (AvgIpc) is 2.53. The fourth-order valence-electron chi connectivity index (χ4n) is 2.32. The molecule has 1 aromatic rings. The van der Waals surface area contributed by atoms with Gasteiger partial charge in [0.05, 0.1) is 19.8 Å². The molecule has 0 unspecified atom stereocenters. The van der Waals surface area contributed by atoms with E-state index in [9.17, 15) is 4.79 Å². The third kappa shape index (κ3) is 5.69. The summed E-state index contributed by atoms with van der Waals surface area (Å²) >= 11 is 0. The number of benzene rings is 1. The summed E-state index contributed by atoms with van der Waals surface area (Å²) in [6.07, 6.45) is 4.29. The lowest BCUT2D eigenvalue weighted by atomic mass is 10.1. The van der Waals surface area contributed by atoms with Crippen LogP contribution in [0.2, 0.25) is 0 Å². The fraction of sp³-hybridized carbons (Fsp3) is 0.471. The smallest absolute Gasteiger partial charge is 0.330 e. The Kier molecular flexibility index (Phi) is 6.44. The van der Waals surface area contributed by atoms with E-state index < -0.39 is 0 Å². The Balaban J connectivity index is 1.86. The lowest BCUT2D eigenvalue weighted by molar-refractivity contribution is -0.137. The maximum atomic E-state index is 11.3. The van der Waals surface area contributed by atoms with Crippen molar-refractivity contribution in [2.75, 3.05) is 39.5 Å². The minimum Gasteiger partial charge on any atom is -0.463 e. The zero-order valence-electron chi connectivity index (χ0n) is 12.6. The summed E-state index contributed by atoms with van der Waals surface area (Å²) in [7, 11) is 0. The molecule has 2 rings (SSSR count). The van der Waals surface area contributed by atoms with E-state index in [0.717, 1.165) is 44.8 Å². The van der Waals surface area contributed by atoms with Crippen molar-refractivity contribution in [3.05, 3.63) is 41.5 Å². The predicted molar refractivity (Wildman–Crippen MR) is 83.1 cm³/mol. The maximum absolute atomic E-state index is 11.3. The van der Waals surface area contributed by atoms with Crippen molar-refractivity contribution in [2.24, 2.45) is 0 Å². The van der Waals surface area contributed by atoms with Gasteiger partial charge in [0.25, 0.3) is 0 Å². The normalized spacial score (nSPS) is 16.2. The van der Waals surface area contributed by atoms with E-state index in [2.05, 4.69) is 17.0 Å². The van der Waals surface area contributed by atoms with Gasteiger partial charge < -0.3 is 9.47 Å². The Morgan fingerprint density at radius 1 is 1.38 bits per heavy atom. The topological polar surface area (TPSA) is 38.8 Å². The van der Waals surface area contributed by atoms with Gasteiger partial charge in [-0.05, 0) is 30.5 Å². The van der Waals surface area contributed by atoms with Gasteiger partial charge in [0.15, 0.2) is 0 Å². The summed E-state index contributed by atoms with van der Waals surface area (Å²) < 4.78 is 10.2. The van der Waals surface area contributed by atoms with Crippen molar-refractivity contribution in [2.45, 2.75) is 13.3 Å². The number of hydrogen-bond donors (Lipinski definition) is 0. The highest BCUT2D eigenvalue weighted by atomic mass is 16.5. The van der Waals surface area contributed by atoms with Gasteiger partial charge >= 0.3 is 5.97 Å². The predicted octanol–water partition coefficient (Wildman–Crippen LogP) is 2.14. The van der Waals surface area contributed by atoms with Gasteiger partial charge in [-0.2, -0.15) is 0 Å². The number of hydrogen-bond acceptors (Lipinski definition) is 4. The standard InChI is InChI=1S/C17H23NO3/c1-2-21-17(19)7-6-15-4-3-5-16(14-15)8-9-18-10-12-20-13-11-18/h3-7,14H,2,8-13H2,1H3. The third-order valence-corrected chi connectivity index (χ3v) is 3.47. The quantitative estimate of drug-likeness (QED) is 0.594. The molecule has 1 aliphatic heterocycles. The summed E-state index contributed by atoms with van der Waals surface area (Å²) in [4.78, 5) is 13.7. The second-order valence-corrected chi connectivity index (χ2v) is 5.03. The molecule has 0 aliphatic carbocycles. The van der Waals surface area contributed by atoms with Crippen LogP contribution in [0, 0.1) is 0 Å². The second-order valence-electron chi connectivity index (χ2n) is 5.03. The van der Waals surface area contributed by atoms with Crippen LogP contribution in [0.3, 0.4) is 0 Å². The molecule has 0 radical (unpaired) electrons. The van der Waals surface area contributed by atoms with E-state index in [-0.39, 0.29) is 5.97 Å². The first kappa shape index (κ1) is 15.7. The molecule has 0 N–H and O–H groups in total. The highest BCUT2D eigenvalue weighted by Gasteiger charge is 2.09. The Hall–Kier alpha value is -1.65. The van der Waals surface area contributed by atoms with E-state index in [0.29, 0.717) is 6.61 Å². The molecule has 0 bridgehead atoms. The van der Waals surface area contributed by atoms with Crippen LogP contribution in [-0.2, 0) is 20.7 Å². The Bertz CT molecular complexity index is 479. The molecule has 0 spiro atoms. The minimum absolute atomic E-state index is 0.295. The zero-order valence-corrected chi connectivity index (χ0v) is 12.6. The molecule has 1 fully saturated rings. The third-order valence-electron chi connectivity index (χ3n) is 3.47. The average molecular weight is 289 g/mol. The molecular formula is C17H23NO3. The summed E-state index contributed by atoms with van der Waals surface area (Å²) in [5.41, 5.74) is 2.31. The molecule has 21 heavy (non-hydrogen) atoms. The largest absolute Gasteiger partial charge is 0.463 e. The molecule has 1 heterocycles. The maximum Gasteiger partial charge on any atom is 0.330 e. The van der Waals surface area contributed by atoms with Crippen LogP contribution < -0.4 is 0 Å². The molecule has 4 heteroatoms. The summed E-state index contributed by atoms with van der Waals surface area (Å²) in [6.45, 7) is 6.96. The molecule has 0 amide bonds. The van der Waals surface area contributed by atoms with Crippen LogP contribution >= 0.6 is 0 Å². The monoisotopic (exact) mass is 289 g/mol. The summed E-state index contributed by atoms with van der Waals surface area (Å²) in [5, 5.41) is 0. The van der Waals surface area contributed by atoms with E-state index in [1.54, 1.807) is 13.0 Å². The van der Waals surface area contributed by atoms with Crippen LogP contribution in [-0.4, -0.2) is 50.3 Å². The number of carbonyl (C=O) groups excluding carboxylic acids is 1. The lowest BCUT2D eigenvalue weighted by Gasteiger charge is -2.26. The van der Waals surface area contributed by atoms with Gasteiger partial charge in [-0.25, -0.2) is 4.79 Å². The van der Waals surface area contributed by atoms with Crippen molar-refractivity contribution >= 4 is 12.0 Å². The highest BCUT2D eigenvalue weighted by molar-refractivity contribution is 5.87. The molecule has 1 saturated heterocycles. The molecule has 114 valence electrons. The Labute approximate surface area is 126 Å². The van der Waals surface area contributed by atoms with Crippen LogP contribution in [0.15, 0.2) is 30.3 Å². The van der Waals surface area contributed by atoms with Gasteiger partial charge in [0.2, 0.25) is 0 Å². The number of nitrogens with zero attached hydrogens (tertiary/aromatic N) is 1. The van der Waals surface area contributed by atoms with Gasteiger partial charge in [-0.15, -0.1) is 0 Å². The second kappa shape index (κ2) is 8.60. The molecule has 0 aromatic heterocycles. The number of carbonyl (C=O) groups is 1. The minimum atomic E-state index is -0.295. The van der Waals surface area contributed by atoms with Crippen molar-refractivity contribution in [3.63, 3.8) is 0 Å². The number of morpholine rings is 1. The van der Waals surface area contributed by atoms with Crippen molar-refractivity contribution in [1.29, 1.82) is 0 Å². The van der Waals surface area contributed by atoms with E-state index in [1.165, 1.54) is 11.6 Å². The van der Waals surface area contributed by atoms with Crippen LogP contribution in [0.4, 0.5) is 0 Å². The molecule has 4 nitrogen and oxygen atoms in total. The molecule has 0 saturated carbocycles. The van der Waals surface area contributed by atoms with Crippen LogP contribution in [0.5, 0.6) is 0 Å². The first-order chi connectivity index (χ1) is 10.3. The van der Waals surface area contributed by atoms with E-state index in [1.807, 2.05) is 12.1 Å². The zero-order chi connectivity index (χ0) is 14.9. The van der Waals surface area contributed by atoms with Gasteiger partial charge in [0.1, 0.15) is 0 Å². The van der Waals surface area contributed by atoms with Gasteiger partial charge in [-0.3, -0.25) is 4.90 Å². The fourth-order valence-corrected chi connectivity index (χ4v) is 2.32. The summed E-state index contributed by atoms with van der Waals surface area (Å²) in [6, 6.07) is 8.27. The SMILES string of the molecule is CCOC(=O)C=Cc1cccc(CCN2CCOCC2)c1. The molecule has 1 aromatic carbocycles. The van der Waals surface area contributed by atoms with Gasteiger partial charge in [-0.1, -0.05) is 24.3 Å². The highest BCUT2D eigenvalue weighted by Crippen LogP contribution is 2.09. The molecule has 1 aliphatic rings. The first-order valence-corrected chi connectivity index (χ1v) is 7.52. The van der Waals surface area contributed by atoms with Crippen molar-refractivity contribution < 1.29 is 14.3 Å². The van der Waals surface area contributed by atoms with E-state index in [4.69, 9.17) is 9.47 Å². The van der Waals surface area contributed by atoms with Crippen LogP contribution in [0.25, 0.3) is 6.08 Å². The molecular weight excluding hydrogens is 266 g/mol. The Morgan fingerprint density at radius 2 is 2.19 bits per heavy atom. The lowest BCUT2D eigenvalue weighted by Crippen LogP contribution is -2.37. The number of ether oxygens (including phenoxy) is 2. The number of esters is 1. The Morgan fingerprint density at radius 3 is 2.95 bits per heavy atom. The number of rotatable bonds is 6.